The van der Waals surface area contributed by atoms with Crippen molar-refractivity contribution in [1.29, 1.82) is 5.26 Å². The summed E-state index contributed by atoms with van der Waals surface area (Å²) in [5, 5.41) is 27.9. The number of thiophene rings is 1. The largest absolute Gasteiger partial charge is 0.496 e. The first kappa shape index (κ1) is 63.1. The molecule has 5 atom stereocenters. The molecule has 0 bridgehead atoms. The number of carbonyl (C=O) groups excluding carboxylic acids is 3. The van der Waals surface area contributed by atoms with Crippen LogP contribution in [0, 0.1) is 49.2 Å². The SMILES string of the molecule is COc1cc(C(=O)CCCOCCOCCOCCOCCNC(=O)C[C@@H]2N=C(c3ccc(Cl)cc3)c3c(sc(C)c3C)-n3c(C)nnc32)ccc1CC(=O)[C@@H]1N[C@@H](CC(C)(C)C)[C@](C#N)(c2ccc(Cl)cc2F)[C@H]1c1cccc(Cl)c1F. The summed E-state index contributed by atoms with van der Waals surface area (Å²) in [5.41, 5.74) is 2.45. The van der Waals surface area contributed by atoms with Crippen LogP contribution in [0.1, 0.15) is 119 Å². The van der Waals surface area contributed by atoms with Crippen LogP contribution in [0.3, 0.4) is 0 Å². The minimum Gasteiger partial charge on any atom is -0.496 e. The number of amides is 1. The monoisotopic (exact) mass is 1210 g/mol. The van der Waals surface area contributed by atoms with Crippen molar-refractivity contribution in [1.82, 2.24) is 25.4 Å². The second-order valence-electron chi connectivity index (χ2n) is 21.8. The normalized spacial score (nSPS) is 18.5. The van der Waals surface area contributed by atoms with Gasteiger partial charge in [0.05, 0.1) is 82.6 Å². The molecule has 0 spiro atoms. The van der Waals surface area contributed by atoms with E-state index < -0.39 is 52.3 Å². The van der Waals surface area contributed by atoms with Crippen LogP contribution in [0.4, 0.5) is 8.78 Å². The highest BCUT2D eigenvalue weighted by Crippen LogP contribution is 2.53. The van der Waals surface area contributed by atoms with Crippen molar-refractivity contribution >= 4 is 69.3 Å². The molecule has 4 heterocycles. The van der Waals surface area contributed by atoms with Gasteiger partial charge in [-0.05, 0) is 86.6 Å². The van der Waals surface area contributed by atoms with Crippen molar-refractivity contribution in [2.45, 2.75) is 103 Å². The Kier molecular flexibility index (Phi) is 21.5. The Morgan fingerprint density at radius 1 is 0.855 bits per heavy atom. The van der Waals surface area contributed by atoms with Crippen molar-refractivity contribution in [2.24, 2.45) is 10.4 Å². The Morgan fingerprint density at radius 3 is 2.19 bits per heavy atom. The molecule has 0 aliphatic carbocycles. The lowest BCUT2D eigenvalue weighted by molar-refractivity contribution is -0.122. The smallest absolute Gasteiger partial charge is 0.222 e. The highest BCUT2D eigenvalue weighted by Gasteiger charge is 2.61. The first-order valence-electron chi connectivity index (χ1n) is 27.5. The van der Waals surface area contributed by atoms with E-state index in [0.29, 0.717) is 100.0 Å². The van der Waals surface area contributed by atoms with Crippen molar-refractivity contribution in [3.63, 3.8) is 0 Å². The number of carbonyl (C=O) groups is 3. The summed E-state index contributed by atoms with van der Waals surface area (Å²) in [5.74, 6) is -1.89. The molecule has 2 aromatic heterocycles. The third kappa shape index (κ3) is 14.8. The number of aliphatic imine (C=N–C) groups is 1. The number of ether oxygens (including phenoxy) is 5. The molecule has 0 saturated carbocycles. The van der Waals surface area contributed by atoms with Gasteiger partial charge in [-0.1, -0.05) is 98.0 Å². The van der Waals surface area contributed by atoms with E-state index in [9.17, 15) is 19.6 Å². The van der Waals surface area contributed by atoms with Gasteiger partial charge in [-0.25, -0.2) is 8.78 Å². The van der Waals surface area contributed by atoms with Gasteiger partial charge in [0.25, 0.3) is 0 Å². The highest BCUT2D eigenvalue weighted by atomic mass is 35.5. The van der Waals surface area contributed by atoms with Gasteiger partial charge in [-0.3, -0.25) is 23.9 Å². The molecule has 2 aliphatic heterocycles. The fourth-order valence-electron chi connectivity index (χ4n) is 10.9. The van der Waals surface area contributed by atoms with E-state index in [1.54, 1.807) is 29.5 Å². The van der Waals surface area contributed by atoms with Crippen LogP contribution in [0.5, 0.6) is 5.75 Å². The maximum Gasteiger partial charge on any atom is 0.222 e. The van der Waals surface area contributed by atoms with Crippen LogP contribution in [-0.4, -0.2) is 117 Å². The number of aryl methyl sites for hydroxylation is 2. The topological polar surface area (TPSA) is 188 Å². The molecule has 83 heavy (non-hydrogen) atoms. The van der Waals surface area contributed by atoms with E-state index in [0.717, 1.165) is 44.2 Å². The summed E-state index contributed by atoms with van der Waals surface area (Å²) in [6.07, 6.45) is 0.832. The Hall–Kier alpha value is -5.98. The molecule has 440 valence electrons. The summed E-state index contributed by atoms with van der Waals surface area (Å²) in [7, 11) is 1.44. The van der Waals surface area contributed by atoms with Crippen LogP contribution in [0.2, 0.25) is 15.1 Å². The van der Waals surface area contributed by atoms with Gasteiger partial charge in [0.15, 0.2) is 17.4 Å². The first-order chi connectivity index (χ1) is 39.8. The zero-order valence-electron chi connectivity index (χ0n) is 47.5. The predicted octanol–water partition coefficient (Wildman–Crippen LogP) is 11.8. The van der Waals surface area contributed by atoms with Gasteiger partial charge in [0.1, 0.15) is 39.7 Å². The molecule has 4 aromatic carbocycles. The molecule has 0 radical (unpaired) electrons. The van der Waals surface area contributed by atoms with Gasteiger partial charge in [-0.15, -0.1) is 21.5 Å². The maximum atomic E-state index is 16.2. The summed E-state index contributed by atoms with van der Waals surface area (Å²) >= 11 is 20.4. The predicted molar refractivity (Wildman–Crippen MR) is 317 cm³/mol. The number of Topliss-reactive ketones (excluding diaryl/α,β-unsaturated/α-hetero) is 2. The lowest BCUT2D eigenvalue weighted by atomic mass is 9.62. The number of aromatic nitrogens is 3. The van der Waals surface area contributed by atoms with Crippen LogP contribution in [0.25, 0.3) is 5.00 Å². The number of nitrogens with one attached hydrogen (secondary N) is 2. The van der Waals surface area contributed by atoms with Crippen LogP contribution < -0.4 is 15.4 Å². The second kappa shape index (κ2) is 28.3. The van der Waals surface area contributed by atoms with Crippen LogP contribution in [0.15, 0.2) is 83.9 Å². The quantitative estimate of drug-likeness (QED) is 0.0367. The van der Waals surface area contributed by atoms with Gasteiger partial charge < -0.3 is 34.3 Å². The minimum absolute atomic E-state index is 0.00250. The van der Waals surface area contributed by atoms with Gasteiger partial charge >= 0.3 is 0 Å². The van der Waals surface area contributed by atoms with Crippen molar-refractivity contribution in [2.75, 3.05) is 66.5 Å². The molecule has 8 rings (SSSR count). The molecule has 2 aliphatic rings. The summed E-state index contributed by atoms with van der Waals surface area (Å²) in [4.78, 5) is 47.6. The molecular weight excluding hydrogens is 1150 g/mol. The van der Waals surface area contributed by atoms with E-state index in [1.807, 2.05) is 56.5 Å². The summed E-state index contributed by atoms with van der Waals surface area (Å²) in [6, 6.07) is 20.6. The number of hydrogen-bond acceptors (Lipinski definition) is 14. The van der Waals surface area contributed by atoms with Gasteiger partial charge in [0, 0.05) is 80.7 Å². The number of nitrogens with zero attached hydrogens (tertiary/aromatic N) is 5. The molecule has 1 saturated heterocycles. The number of rotatable bonds is 27. The molecule has 6 aromatic rings. The molecule has 1 fully saturated rings. The molecular formula is C62H68Cl3F2N7O8S. The Balaban J connectivity index is 0.733. The third-order valence-corrected chi connectivity index (χ3v) is 16.9. The van der Waals surface area contributed by atoms with Crippen LogP contribution >= 0.6 is 46.1 Å². The standard InChI is InChI=1S/C62H68Cl3F2N7O8S/c1-36-37(2)83-60-54(36)57(39-15-17-42(63)18-16-39)70-48(59-73-72-38(3)74(59)60)33-53(77)69-21-23-80-25-27-82-29-28-81-26-24-79-22-9-12-49(75)40-13-14-41(51(31-40)78-7)30-50(76)58-55(44-10-8-11-46(65)56(44)67)62(35-68,52(71-58)34-61(4,5)6)45-20-19-43(64)32-47(45)66/h8,10-11,13-20,31-32,48,52,55,58,71H,9,12,21-30,33-34H2,1-7H3,(H,69,77)/t48-,52-,55-,58-,62-/m0/s1. The van der Waals surface area contributed by atoms with E-state index in [-0.39, 0.29) is 52.1 Å². The fourth-order valence-corrected chi connectivity index (χ4v) is 12.5. The lowest BCUT2D eigenvalue weighted by Crippen LogP contribution is -2.44. The van der Waals surface area contributed by atoms with Gasteiger partial charge in [-0.2, -0.15) is 5.26 Å². The molecule has 2 N–H and O–H groups in total. The third-order valence-electron chi connectivity index (χ3n) is 14.9. The average Bonchev–Trinajstić information content (AvgIpc) is 3.08. The summed E-state index contributed by atoms with van der Waals surface area (Å²) < 4.78 is 62.7. The number of nitriles is 1. The number of halogens is 5. The van der Waals surface area contributed by atoms with Crippen molar-refractivity contribution in [3.05, 3.63) is 161 Å². The Labute approximate surface area is 502 Å². The lowest BCUT2D eigenvalue weighted by Gasteiger charge is -2.37. The molecule has 21 heteroatoms. The van der Waals surface area contributed by atoms with Crippen molar-refractivity contribution in [3.8, 4) is 16.8 Å². The van der Waals surface area contributed by atoms with Gasteiger partial charge in [0.2, 0.25) is 5.91 Å². The number of methoxy groups -OCH3 is 1. The second-order valence-corrected chi connectivity index (χ2v) is 24.3. The van der Waals surface area contributed by atoms with E-state index in [4.69, 9.17) is 63.5 Å². The van der Waals surface area contributed by atoms with E-state index in [2.05, 4.69) is 40.7 Å². The summed E-state index contributed by atoms with van der Waals surface area (Å²) in [6.45, 7) is 15.0. The first-order valence-corrected chi connectivity index (χ1v) is 29.4. The van der Waals surface area contributed by atoms with Crippen LogP contribution in [-0.2, 0) is 40.4 Å². The number of fused-ring (bicyclic) bond motifs is 3. The molecule has 0 unspecified atom stereocenters. The zero-order chi connectivity index (χ0) is 59.6. The maximum absolute atomic E-state index is 16.2. The number of ketones is 2. The zero-order valence-corrected chi connectivity index (χ0v) is 50.6. The van der Waals surface area contributed by atoms with E-state index in [1.165, 1.54) is 37.4 Å². The molecule has 15 nitrogen and oxygen atoms in total. The highest BCUT2D eigenvalue weighted by molar-refractivity contribution is 7.15. The average molecular weight is 1220 g/mol. The Morgan fingerprint density at radius 2 is 1.53 bits per heavy atom. The number of benzene rings is 4. The number of hydrogen-bond donors (Lipinski definition) is 2. The van der Waals surface area contributed by atoms with Crippen molar-refractivity contribution < 1.29 is 46.8 Å². The fraction of sp³-hybridized carbons (Fsp3) is 0.435. The Bertz CT molecular complexity index is 3380. The molecule has 1 amide bonds. The van der Waals surface area contributed by atoms with E-state index >= 15 is 8.78 Å². The minimum atomic E-state index is -1.77.